The highest BCUT2D eigenvalue weighted by Gasteiger charge is 2.19. The lowest BCUT2D eigenvalue weighted by molar-refractivity contribution is 0.181. The van der Waals surface area contributed by atoms with Crippen molar-refractivity contribution in [3.63, 3.8) is 0 Å². The number of rotatable bonds is 7. The number of nitrogens with zero attached hydrogens (tertiary/aromatic N) is 3. The Hall–Kier alpha value is -1.82. The van der Waals surface area contributed by atoms with Gasteiger partial charge in [-0.15, -0.1) is 0 Å². The van der Waals surface area contributed by atoms with E-state index in [-0.39, 0.29) is 6.10 Å². The van der Waals surface area contributed by atoms with Gasteiger partial charge in [0, 0.05) is 44.9 Å². The highest BCUT2D eigenvalue weighted by molar-refractivity contribution is 5.79. The first-order chi connectivity index (χ1) is 11.6. The molecule has 1 N–H and O–H groups in total. The lowest BCUT2D eigenvalue weighted by Gasteiger charge is -2.24. The molecule has 1 aliphatic rings. The molecule has 1 fully saturated rings. The topological polar surface area (TPSA) is 59.0 Å². The molecule has 1 saturated heterocycles. The molecule has 1 aliphatic heterocycles. The van der Waals surface area contributed by atoms with E-state index in [1.165, 1.54) is 0 Å². The van der Waals surface area contributed by atoms with Crippen LogP contribution in [0.25, 0.3) is 0 Å². The van der Waals surface area contributed by atoms with Crippen LogP contribution in [0, 0.1) is 5.92 Å². The first kappa shape index (κ1) is 18.5. The summed E-state index contributed by atoms with van der Waals surface area (Å²) in [5, 5.41) is 3.35. The number of guanidine groups is 1. The van der Waals surface area contributed by atoms with Crippen LogP contribution in [-0.2, 0) is 11.3 Å². The SMILES string of the molecule is CCNC(=NCc1ccc(OC(C)C)nc1)N(C)CC1CCOC1. The molecule has 0 radical (unpaired) electrons. The fraction of sp³-hybridized carbons (Fsp3) is 0.667. The predicted octanol–water partition coefficient (Wildman–Crippen LogP) is 2.30. The quantitative estimate of drug-likeness (QED) is 0.612. The maximum Gasteiger partial charge on any atom is 0.213 e. The molecular formula is C18H30N4O2. The van der Waals surface area contributed by atoms with Gasteiger partial charge in [0.25, 0.3) is 0 Å². The molecule has 2 heterocycles. The fourth-order valence-corrected chi connectivity index (χ4v) is 2.65. The molecule has 0 aliphatic carbocycles. The summed E-state index contributed by atoms with van der Waals surface area (Å²) in [5.41, 5.74) is 1.07. The molecule has 6 nitrogen and oxygen atoms in total. The number of aliphatic imine (C=N–C) groups is 1. The second-order valence-electron chi connectivity index (χ2n) is 6.45. The van der Waals surface area contributed by atoms with Crippen molar-refractivity contribution in [1.29, 1.82) is 0 Å². The molecule has 6 heteroatoms. The van der Waals surface area contributed by atoms with Gasteiger partial charge in [0.2, 0.25) is 5.88 Å². The van der Waals surface area contributed by atoms with Crippen LogP contribution in [0.4, 0.5) is 0 Å². The number of aromatic nitrogens is 1. The highest BCUT2D eigenvalue weighted by atomic mass is 16.5. The Morgan fingerprint density at radius 1 is 1.50 bits per heavy atom. The van der Waals surface area contributed by atoms with Gasteiger partial charge in [-0.2, -0.15) is 0 Å². The molecule has 1 unspecified atom stereocenters. The van der Waals surface area contributed by atoms with Gasteiger partial charge >= 0.3 is 0 Å². The van der Waals surface area contributed by atoms with Crippen LogP contribution in [-0.4, -0.2) is 55.3 Å². The summed E-state index contributed by atoms with van der Waals surface area (Å²) in [6.07, 6.45) is 3.09. The van der Waals surface area contributed by atoms with Crippen LogP contribution in [0.5, 0.6) is 5.88 Å². The Morgan fingerprint density at radius 3 is 2.92 bits per heavy atom. The van der Waals surface area contributed by atoms with Gasteiger partial charge in [-0.1, -0.05) is 6.07 Å². The molecule has 134 valence electrons. The molecule has 1 aromatic rings. The summed E-state index contributed by atoms with van der Waals surface area (Å²) in [4.78, 5) is 11.2. The molecule has 0 amide bonds. The van der Waals surface area contributed by atoms with Gasteiger partial charge in [-0.05, 0) is 32.8 Å². The van der Waals surface area contributed by atoms with Gasteiger partial charge in [0.1, 0.15) is 0 Å². The molecular weight excluding hydrogens is 304 g/mol. The fourth-order valence-electron chi connectivity index (χ4n) is 2.65. The van der Waals surface area contributed by atoms with Gasteiger partial charge in [-0.25, -0.2) is 9.98 Å². The summed E-state index contributed by atoms with van der Waals surface area (Å²) in [6.45, 7) is 10.2. The number of hydrogen-bond donors (Lipinski definition) is 1. The number of ether oxygens (including phenoxy) is 2. The Bertz CT molecular complexity index is 510. The summed E-state index contributed by atoms with van der Waals surface area (Å²) in [7, 11) is 2.08. The standard InChI is InChI=1S/C18H30N4O2/c1-5-19-18(22(4)12-16-8-9-23-13-16)21-11-15-6-7-17(20-10-15)24-14(2)3/h6-7,10,14,16H,5,8-9,11-13H2,1-4H3,(H,19,21). The molecule has 0 bridgehead atoms. The van der Waals surface area contributed by atoms with Crippen molar-refractivity contribution >= 4 is 5.96 Å². The Kier molecular flexibility index (Phi) is 7.31. The molecule has 2 rings (SSSR count). The normalized spacial score (nSPS) is 18.0. The third kappa shape index (κ3) is 6.00. The van der Waals surface area contributed by atoms with Crippen molar-refractivity contribution in [3.05, 3.63) is 23.9 Å². The van der Waals surface area contributed by atoms with Crippen molar-refractivity contribution in [2.75, 3.05) is 33.4 Å². The van der Waals surface area contributed by atoms with Crippen LogP contribution in [0.3, 0.4) is 0 Å². The number of pyridine rings is 1. The number of nitrogens with one attached hydrogen (secondary N) is 1. The van der Waals surface area contributed by atoms with E-state index in [2.05, 4.69) is 29.2 Å². The van der Waals surface area contributed by atoms with E-state index in [0.717, 1.165) is 44.2 Å². The van der Waals surface area contributed by atoms with E-state index in [0.29, 0.717) is 18.3 Å². The molecule has 1 atom stereocenters. The smallest absolute Gasteiger partial charge is 0.213 e. The monoisotopic (exact) mass is 334 g/mol. The zero-order chi connectivity index (χ0) is 17.4. The minimum atomic E-state index is 0.134. The molecule has 1 aromatic heterocycles. The first-order valence-corrected chi connectivity index (χ1v) is 8.77. The molecule has 0 spiro atoms. The van der Waals surface area contributed by atoms with Crippen LogP contribution in [0.1, 0.15) is 32.8 Å². The van der Waals surface area contributed by atoms with E-state index >= 15 is 0 Å². The first-order valence-electron chi connectivity index (χ1n) is 8.77. The van der Waals surface area contributed by atoms with Gasteiger partial charge in [0.05, 0.1) is 19.3 Å². The summed E-state index contributed by atoms with van der Waals surface area (Å²) in [6, 6.07) is 3.92. The minimum Gasteiger partial charge on any atom is -0.475 e. The van der Waals surface area contributed by atoms with Crippen LogP contribution in [0.15, 0.2) is 23.3 Å². The third-order valence-corrected chi connectivity index (χ3v) is 3.82. The van der Waals surface area contributed by atoms with Crippen molar-refractivity contribution in [2.24, 2.45) is 10.9 Å². The zero-order valence-corrected chi connectivity index (χ0v) is 15.3. The number of hydrogen-bond acceptors (Lipinski definition) is 4. The van der Waals surface area contributed by atoms with Crippen molar-refractivity contribution < 1.29 is 9.47 Å². The predicted molar refractivity (Wildman–Crippen MR) is 96.4 cm³/mol. The maximum atomic E-state index is 5.57. The van der Waals surface area contributed by atoms with Crippen molar-refractivity contribution in [3.8, 4) is 5.88 Å². The lowest BCUT2D eigenvalue weighted by atomic mass is 10.1. The van der Waals surface area contributed by atoms with E-state index in [1.807, 2.05) is 32.2 Å². The second-order valence-corrected chi connectivity index (χ2v) is 6.45. The van der Waals surface area contributed by atoms with Crippen molar-refractivity contribution in [1.82, 2.24) is 15.2 Å². The Balaban J connectivity index is 1.93. The average molecular weight is 334 g/mol. The Morgan fingerprint density at radius 2 is 2.33 bits per heavy atom. The van der Waals surface area contributed by atoms with E-state index in [4.69, 9.17) is 14.5 Å². The van der Waals surface area contributed by atoms with Gasteiger partial charge in [-0.3, -0.25) is 0 Å². The van der Waals surface area contributed by atoms with Crippen LogP contribution < -0.4 is 10.1 Å². The van der Waals surface area contributed by atoms with E-state index in [1.54, 1.807) is 0 Å². The van der Waals surface area contributed by atoms with Gasteiger partial charge < -0.3 is 19.7 Å². The largest absolute Gasteiger partial charge is 0.475 e. The van der Waals surface area contributed by atoms with Crippen molar-refractivity contribution in [2.45, 2.75) is 39.8 Å². The summed E-state index contributed by atoms with van der Waals surface area (Å²) >= 11 is 0. The molecule has 0 aromatic carbocycles. The van der Waals surface area contributed by atoms with E-state index in [9.17, 15) is 0 Å². The minimum absolute atomic E-state index is 0.134. The van der Waals surface area contributed by atoms with Crippen LogP contribution >= 0.6 is 0 Å². The average Bonchev–Trinajstić information content (AvgIpc) is 3.05. The highest BCUT2D eigenvalue weighted by Crippen LogP contribution is 2.14. The van der Waals surface area contributed by atoms with Gasteiger partial charge in [0.15, 0.2) is 5.96 Å². The van der Waals surface area contributed by atoms with E-state index < -0.39 is 0 Å². The zero-order valence-electron chi connectivity index (χ0n) is 15.3. The molecule has 24 heavy (non-hydrogen) atoms. The maximum absolute atomic E-state index is 5.57. The Labute approximate surface area is 145 Å². The lowest BCUT2D eigenvalue weighted by Crippen LogP contribution is -2.41. The molecule has 0 saturated carbocycles. The third-order valence-electron chi connectivity index (χ3n) is 3.82. The summed E-state index contributed by atoms with van der Waals surface area (Å²) < 4.78 is 11.0. The second kappa shape index (κ2) is 9.47. The van der Waals surface area contributed by atoms with Crippen LogP contribution in [0.2, 0.25) is 0 Å². The summed E-state index contributed by atoms with van der Waals surface area (Å²) in [5.74, 6) is 2.17.